The molecule has 0 atom stereocenters. The van der Waals surface area contributed by atoms with Crippen molar-refractivity contribution in [2.75, 3.05) is 0 Å². The molecule has 0 aliphatic rings. The van der Waals surface area contributed by atoms with E-state index in [1.807, 2.05) is 0 Å². The molecule has 0 aliphatic carbocycles. The number of para-hydroxylation sites is 1. The van der Waals surface area contributed by atoms with Crippen molar-refractivity contribution >= 4 is 13.8 Å². The molecule has 0 spiro atoms. The van der Waals surface area contributed by atoms with E-state index in [1.54, 1.807) is 25.1 Å². The van der Waals surface area contributed by atoms with Crippen molar-refractivity contribution < 1.29 is 28.8 Å². The van der Waals surface area contributed by atoms with E-state index in [2.05, 4.69) is 4.52 Å². The van der Waals surface area contributed by atoms with Crippen molar-refractivity contribution in [1.82, 2.24) is 0 Å². The summed E-state index contributed by atoms with van der Waals surface area (Å²) in [5, 5.41) is 8.57. The van der Waals surface area contributed by atoms with Crippen LogP contribution in [0.4, 0.5) is 0 Å². The molecule has 94 valence electrons. The van der Waals surface area contributed by atoms with Gasteiger partial charge in [-0.15, -0.1) is 0 Å². The van der Waals surface area contributed by atoms with Crippen LogP contribution >= 0.6 is 7.82 Å². The fourth-order valence-corrected chi connectivity index (χ4v) is 1.90. The predicted molar refractivity (Wildman–Crippen MR) is 59.8 cm³/mol. The van der Waals surface area contributed by atoms with Gasteiger partial charge in [0.1, 0.15) is 5.75 Å². The second-order valence-electron chi connectivity index (χ2n) is 3.54. The number of rotatable bonds is 5. The topological polar surface area (TPSA) is 104 Å². The zero-order valence-corrected chi connectivity index (χ0v) is 10.1. The summed E-state index contributed by atoms with van der Waals surface area (Å²) in [6, 6.07) is 4.90. The molecule has 1 rings (SSSR count). The lowest BCUT2D eigenvalue weighted by atomic mass is 10.1. The Morgan fingerprint density at radius 2 is 2.06 bits per heavy atom. The summed E-state index contributed by atoms with van der Waals surface area (Å²) in [5.41, 5.74) is 1.02. The number of hydrogen-bond acceptors (Lipinski definition) is 3. The Kier molecular flexibility index (Phi) is 4.28. The summed E-state index contributed by atoms with van der Waals surface area (Å²) < 4.78 is 15.4. The Balaban J connectivity index is 3.00. The lowest BCUT2D eigenvalue weighted by Gasteiger charge is -2.13. The highest BCUT2D eigenvalue weighted by atomic mass is 31.2. The van der Waals surface area contributed by atoms with Crippen molar-refractivity contribution in [2.45, 2.75) is 19.8 Å². The van der Waals surface area contributed by atoms with Gasteiger partial charge in [-0.3, -0.25) is 14.6 Å². The van der Waals surface area contributed by atoms with E-state index in [4.69, 9.17) is 14.9 Å². The Morgan fingerprint density at radius 3 is 2.59 bits per heavy atom. The largest absolute Gasteiger partial charge is 0.524 e. The van der Waals surface area contributed by atoms with Crippen LogP contribution in [0.25, 0.3) is 0 Å². The molecule has 0 saturated heterocycles. The minimum Gasteiger partial charge on any atom is -0.481 e. The zero-order valence-electron chi connectivity index (χ0n) is 9.16. The van der Waals surface area contributed by atoms with E-state index in [0.717, 1.165) is 0 Å². The van der Waals surface area contributed by atoms with E-state index in [-0.39, 0.29) is 18.6 Å². The van der Waals surface area contributed by atoms with Gasteiger partial charge in [-0.2, -0.15) is 0 Å². The summed E-state index contributed by atoms with van der Waals surface area (Å²) in [4.78, 5) is 28.0. The maximum atomic E-state index is 10.8. The second-order valence-corrected chi connectivity index (χ2v) is 4.70. The first-order valence-corrected chi connectivity index (χ1v) is 6.38. The molecule has 1 aromatic carbocycles. The number of hydrogen-bond donors (Lipinski definition) is 3. The van der Waals surface area contributed by atoms with Crippen LogP contribution < -0.4 is 4.52 Å². The minimum atomic E-state index is -4.64. The van der Waals surface area contributed by atoms with Crippen LogP contribution in [0.15, 0.2) is 18.2 Å². The summed E-state index contributed by atoms with van der Waals surface area (Å²) in [5.74, 6) is -0.921. The molecular formula is C10H13O6P. The van der Waals surface area contributed by atoms with Crippen LogP contribution in [0, 0.1) is 6.92 Å². The van der Waals surface area contributed by atoms with E-state index < -0.39 is 13.8 Å². The first-order valence-electron chi connectivity index (χ1n) is 4.85. The second kappa shape index (κ2) is 5.31. The maximum absolute atomic E-state index is 10.8. The lowest BCUT2D eigenvalue weighted by molar-refractivity contribution is -0.136. The van der Waals surface area contributed by atoms with Gasteiger partial charge in [0.15, 0.2) is 0 Å². The summed E-state index contributed by atoms with van der Waals surface area (Å²) in [6.07, 6.45) is 0.0350. The van der Waals surface area contributed by atoms with E-state index in [1.165, 1.54) is 0 Å². The van der Waals surface area contributed by atoms with E-state index in [9.17, 15) is 9.36 Å². The fraction of sp³-hybridized carbons (Fsp3) is 0.300. The molecule has 0 aromatic heterocycles. The normalized spacial score (nSPS) is 11.2. The molecule has 6 nitrogen and oxygen atoms in total. The summed E-state index contributed by atoms with van der Waals surface area (Å²) >= 11 is 0. The van der Waals surface area contributed by atoms with Crippen LogP contribution in [0.1, 0.15) is 17.5 Å². The van der Waals surface area contributed by atoms with Gasteiger partial charge in [0, 0.05) is 6.42 Å². The standard InChI is InChI=1S/C10H13O6P/c1-7-3-2-4-8(5-6-9(11)12)10(7)16-17(13,14)15/h2-4H,5-6H2,1H3,(H,11,12)(H2,13,14,15). The summed E-state index contributed by atoms with van der Waals surface area (Å²) in [7, 11) is -4.64. The highest BCUT2D eigenvalue weighted by Gasteiger charge is 2.20. The predicted octanol–water partition coefficient (Wildman–Crippen LogP) is 1.48. The number of aryl methyl sites for hydroxylation is 2. The van der Waals surface area contributed by atoms with Gasteiger partial charge in [0.25, 0.3) is 0 Å². The summed E-state index contributed by atoms with van der Waals surface area (Å²) in [6.45, 7) is 1.63. The number of aliphatic carboxylic acids is 1. The number of carbonyl (C=O) groups is 1. The molecule has 7 heteroatoms. The fourth-order valence-electron chi connectivity index (χ4n) is 1.40. The highest BCUT2D eigenvalue weighted by Crippen LogP contribution is 2.40. The van der Waals surface area contributed by atoms with Crippen molar-refractivity contribution in [1.29, 1.82) is 0 Å². The van der Waals surface area contributed by atoms with Crippen LogP contribution in [-0.2, 0) is 15.8 Å². The Labute approximate surface area is 98.1 Å². The Morgan fingerprint density at radius 1 is 1.41 bits per heavy atom. The molecule has 0 bridgehead atoms. The molecule has 0 radical (unpaired) electrons. The van der Waals surface area contributed by atoms with Crippen LogP contribution in [0.2, 0.25) is 0 Å². The molecule has 0 fully saturated rings. The van der Waals surface area contributed by atoms with Crippen molar-refractivity contribution in [3.63, 3.8) is 0 Å². The zero-order chi connectivity index (χ0) is 13.1. The quantitative estimate of drug-likeness (QED) is 0.693. The van der Waals surface area contributed by atoms with Gasteiger partial charge in [0.2, 0.25) is 0 Å². The van der Waals surface area contributed by atoms with Gasteiger partial charge < -0.3 is 9.63 Å². The third kappa shape index (κ3) is 4.56. The van der Waals surface area contributed by atoms with Crippen molar-refractivity contribution in [3.8, 4) is 5.75 Å². The minimum absolute atomic E-state index is 0.0575. The number of phosphoric acid groups is 1. The monoisotopic (exact) mass is 260 g/mol. The molecule has 17 heavy (non-hydrogen) atoms. The first-order chi connectivity index (χ1) is 7.79. The molecule has 1 aromatic rings. The lowest BCUT2D eigenvalue weighted by Crippen LogP contribution is -2.01. The van der Waals surface area contributed by atoms with Gasteiger partial charge in [-0.1, -0.05) is 18.2 Å². The highest BCUT2D eigenvalue weighted by molar-refractivity contribution is 7.46. The Hall–Kier alpha value is -1.36. The van der Waals surface area contributed by atoms with E-state index in [0.29, 0.717) is 11.1 Å². The van der Waals surface area contributed by atoms with Gasteiger partial charge in [-0.05, 0) is 24.5 Å². The number of benzene rings is 1. The van der Waals surface area contributed by atoms with Crippen LogP contribution in [-0.4, -0.2) is 20.9 Å². The first kappa shape index (κ1) is 13.7. The molecule has 0 amide bonds. The van der Waals surface area contributed by atoms with Crippen molar-refractivity contribution in [2.24, 2.45) is 0 Å². The molecule has 0 heterocycles. The van der Waals surface area contributed by atoms with Crippen LogP contribution in [0.3, 0.4) is 0 Å². The number of phosphoric ester groups is 1. The van der Waals surface area contributed by atoms with Crippen LogP contribution in [0.5, 0.6) is 5.75 Å². The van der Waals surface area contributed by atoms with Gasteiger partial charge >= 0.3 is 13.8 Å². The van der Waals surface area contributed by atoms with Gasteiger partial charge in [-0.25, -0.2) is 4.57 Å². The average Bonchev–Trinajstić information content (AvgIpc) is 2.17. The molecular weight excluding hydrogens is 247 g/mol. The third-order valence-electron chi connectivity index (χ3n) is 2.11. The number of carboxylic acid groups (broad SMARTS) is 1. The molecule has 0 saturated carbocycles. The smallest absolute Gasteiger partial charge is 0.481 e. The average molecular weight is 260 g/mol. The maximum Gasteiger partial charge on any atom is 0.524 e. The van der Waals surface area contributed by atoms with Gasteiger partial charge in [0.05, 0.1) is 0 Å². The Bertz CT molecular complexity index is 464. The molecule has 0 unspecified atom stereocenters. The third-order valence-corrected chi connectivity index (χ3v) is 2.53. The number of carboxylic acids is 1. The molecule has 0 aliphatic heterocycles. The van der Waals surface area contributed by atoms with Crippen molar-refractivity contribution in [3.05, 3.63) is 29.3 Å². The molecule has 3 N–H and O–H groups in total. The van der Waals surface area contributed by atoms with E-state index >= 15 is 0 Å². The SMILES string of the molecule is Cc1cccc(CCC(=O)O)c1OP(=O)(O)O.